The Morgan fingerprint density at radius 2 is 1.93 bits per heavy atom. The summed E-state index contributed by atoms with van der Waals surface area (Å²) in [4.78, 5) is 14.4. The van der Waals surface area contributed by atoms with E-state index >= 15 is 0 Å². The number of nitrogens with zero attached hydrogens (tertiary/aromatic N) is 1. The minimum absolute atomic E-state index is 0.0479. The summed E-state index contributed by atoms with van der Waals surface area (Å²) >= 11 is 0. The van der Waals surface area contributed by atoms with Crippen LogP contribution in [0.15, 0.2) is 65.3 Å². The van der Waals surface area contributed by atoms with Crippen molar-refractivity contribution in [3.8, 4) is 0 Å². The van der Waals surface area contributed by atoms with E-state index in [9.17, 15) is 4.79 Å². The van der Waals surface area contributed by atoms with Crippen molar-refractivity contribution in [1.82, 2.24) is 10.2 Å². The van der Waals surface area contributed by atoms with E-state index in [1.807, 2.05) is 35.2 Å². The molecule has 1 N–H and O–H groups in total. The van der Waals surface area contributed by atoms with Crippen LogP contribution in [0.5, 0.6) is 0 Å². The quantitative estimate of drug-likeness (QED) is 0.745. The monoisotopic (exact) mass is 364 g/mol. The fraction of sp³-hybridized carbons (Fsp3) is 0.318. The Bertz CT molecular complexity index is 891. The third-order valence-electron chi connectivity index (χ3n) is 5.02. The van der Waals surface area contributed by atoms with E-state index in [1.165, 1.54) is 5.56 Å². The molecule has 1 fully saturated rings. The van der Waals surface area contributed by atoms with E-state index < -0.39 is 0 Å². The number of fused-ring (bicyclic) bond motifs is 1. The van der Waals surface area contributed by atoms with Gasteiger partial charge in [0, 0.05) is 30.6 Å². The van der Waals surface area contributed by atoms with Gasteiger partial charge in [0.1, 0.15) is 5.58 Å². The number of para-hydroxylation sites is 1. The Labute approximate surface area is 158 Å². The molecule has 27 heavy (non-hydrogen) atoms. The number of amides is 2. The van der Waals surface area contributed by atoms with Gasteiger partial charge in [0.05, 0.1) is 19.0 Å². The number of benzene rings is 2. The lowest BCUT2D eigenvalue weighted by molar-refractivity contribution is -0.0176. The van der Waals surface area contributed by atoms with Gasteiger partial charge in [0.15, 0.2) is 0 Å². The van der Waals surface area contributed by atoms with Crippen LogP contribution in [0.2, 0.25) is 0 Å². The summed E-state index contributed by atoms with van der Waals surface area (Å²) in [5, 5.41) is 4.05. The van der Waals surface area contributed by atoms with Gasteiger partial charge < -0.3 is 19.4 Å². The number of furan rings is 1. The number of morpholine rings is 1. The molecule has 2 heterocycles. The van der Waals surface area contributed by atoms with Crippen molar-refractivity contribution in [2.45, 2.75) is 25.5 Å². The molecule has 1 aromatic heterocycles. The highest BCUT2D eigenvalue weighted by atomic mass is 16.5. The Morgan fingerprint density at radius 3 is 2.81 bits per heavy atom. The summed E-state index contributed by atoms with van der Waals surface area (Å²) in [6, 6.07) is 18.2. The first-order chi connectivity index (χ1) is 13.3. The van der Waals surface area contributed by atoms with Gasteiger partial charge in [-0.2, -0.15) is 0 Å². The zero-order valence-corrected chi connectivity index (χ0v) is 15.3. The lowest BCUT2D eigenvalue weighted by Gasteiger charge is -2.33. The van der Waals surface area contributed by atoms with E-state index in [-0.39, 0.29) is 12.1 Å². The highest BCUT2D eigenvalue weighted by Gasteiger charge is 2.24. The summed E-state index contributed by atoms with van der Waals surface area (Å²) < 4.78 is 11.4. The van der Waals surface area contributed by atoms with Gasteiger partial charge in [0.2, 0.25) is 0 Å². The topological polar surface area (TPSA) is 54.7 Å². The van der Waals surface area contributed by atoms with Crippen LogP contribution in [0.4, 0.5) is 4.79 Å². The molecule has 0 bridgehead atoms. The highest BCUT2D eigenvalue weighted by molar-refractivity contribution is 5.81. The van der Waals surface area contributed by atoms with Crippen LogP contribution >= 0.6 is 0 Å². The van der Waals surface area contributed by atoms with E-state index in [4.69, 9.17) is 9.15 Å². The zero-order valence-electron chi connectivity index (χ0n) is 15.3. The predicted molar refractivity (Wildman–Crippen MR) is 105 cm³/mol. The van der Waals surface area contributed by atoms with Crippen LogP contribution in [-0.4, -0.2) is 36.7 Å². The maximum absolute atomic E-state index is 12.6. The van der Waals surface area contributed by atoms with E-state index in [0.29, 0.717) is 26.2 Å². The lowest BCUT2D eigenvalue weighted by atomic mass is 10.1. The van der Waals surface area contributed by atoms with Gasteiger partial charge in [0.25, 0.3) is 0 Å². The second-order valence-electron chi connectivity index (χ2n) is 6.88. The standard InChI is InChI=1S/C22H24N2O3/c25-22(23-14-18-16-27-21-9-5-4-8-20(18)21)24-12-13-26-19(15-24)11-10-17-6-2-1-3-7-17/h1-9,16,19H,10-15H2,(H,23,25). The van der Waals surface area contributed by atoms with Crippen molar-refractivity contribution in [3.05, 3.63) is 72.0 Å². The Kier molecular flexibility index (Phi) is 5.39. The maximum Gasteiger partial charge on any atom is 0.317 e. The largest absolute Gasteiger partial charge is 0.464 e. The molecule has 5 nitrogen and oxygen atoms in total. The van der Waals surface area contributed by atoms with Gasteiger partial charge in [-0.25, -0.2) is 4.79 Å². The number of aryl methyl sites for hydroxylation is 1. The molecule has 3 aromatic rings. The van der Waals surface area contributed by atoms with Crippen LogP contribution < -0.4 is 5.32 Å². The summed E-state index contributed by atoms with van der Waals surface area (Å²) in [6.45, 7) is 2.30. The maximum atomic E-state index is 12.6. The molecular formula is C22H24N2O3. The smallest absolute Gasteiger partial charge is 0.317 e. The van der Waals surface area contributed by atoms with Crippen molar-refractivity contribution < 1.29 is 13.9 Å². The van der Waals surface area contributed by atoms with Gasteiger partial charge in [-0.1, -0.05) is 48.5 Å². The van der Waals surface area contributed by atoms with Gasteiger partial charge >= 0.3 is 6.03 Å². The molecule has 1 unspecified atom stereocenters. The van der Waals surface area contributed by atoms with Gasteiger partial charge in [-0.05, 0) is 24.5 Å². The second kappa shape index (κ2) is 8.27. The molecule has 2 aromatic carbocycles. The van der Waals surface area contributed by atoms with E-state index in [2.05, 4.69) is 29.6 Å². The molecule has 1 atom stereocenters. The fourth-order valence-corrected chi connectivity index (χ4v) is 3.50. The molecule has 5 heteroatoms. The first kappa shape index (κ1) is 17.6. The van der Waals surface area contributed by atoms with E-state index in [0.717, 1.165) is 29.4 Å². The Balaban J connectivity index is 1.29. The minimum atomic E-state index is -0.0479. The fourth-order valence-electron chi connectivity index (χ4n) is 3.50. The molecule has 0 aliphatic carbocycles. The molecule has 0 spiro atoms. The van der Waals surface area contributed by atoms with Gasteiger partial charge in [-0.15, -0.1) is 0 Å². The molecule has 140 valence electrons. The number of carbonyl (C=O) groups excluding carboxylic acids is 1. The first-order valence-corrected chi connectivity index (χ1v) is 9.43. The molecule has 4 rings (SSSR count). The second-order valence-corrected chi connectivity index (χ2v) is 6.88. The Hall–Kier alpha value is -2.79. The molecule has 0 radical (unpaired) electrons. The third-order valence-corrected chi connectivity index (χ3v) is 5.02. The van der Waals surface area contributed by atoms with Crippen LogP contribution in [-0.2, 0) is 17.7 Å². The summed E-state index contributed by atoms with van der Waals surface area (Å²) in [7, 11) is 0. The zero-order chi connectivity index (χ0) is 18.5. The number of hydrogen-bond acceptors (Lipinski definition) is 3. The molecular weight excluding hydrogens is 340 g/mol. The van der Waals surface area contributed by atoms with Crippen molar-refractivity contribution in [2.75, 3.05) is 19.7 Å². The van der Waals surface area contributed by atoms with Crippen LogP contribution in [0, 0.1) is 0 Å². The third kappa shape index (κ3) is 4.31. The van der Waals surface area contributed by atoms with E-state index in [1.54, 1.807) is 6.26 Å². The van der Waals surface area contributed by atoms with Crippen molar-refractivity contribution in [3.63, 3.8) is 0 Å². The molecule has 1 aliphatic heterocycles. The normalized spacial score (nSPS) is 17.2. The number of rotatable bonds is 5. The van der Waals surface area contributed by atoms with Crippen LogP contribution in [0.3, 0.4) is 0 Å². The van der Waals surface area contributed by atoms with Crippen molar-refractivity contribution in [1.29, 1.82) is 0 Å². The van der Waals surface area contributed by atoms with Gasteiger partial charge in [-0.3, -0.25) is 0 Å². The number of hydrogen-bond donors (Lipinski definition) is 1. The predicted octanol–water partition coefficient (Wildman–Crippen LogP) is 3.98. The number of ether oxygens (including phenoxy) is 1. The molecule has 0 saturated carbocycles. The minimum Gasteiger partial charge on any atom is -0.464 e. The summed E-state index contributed by atoms with van der Waals surface area (Å²) in [5.41, 5.74) is 3.14. The average Bonchev–Trinajstić information content (AvgIpc) is 3.15. The van der Waals surface area contributed by atoms with Crippen molar-refractivity contribution >= 4 is 17.0 Å². The number of nitrogens with one attached hydrogen (secondary N) is 1. The average molecular weight is 364 g/mol. The van der Waals surface area contributed by atoms with Crippen molar-refractivity contribution in [2.24, 2.45) is 0 Å². The molecule has 1 aliphatic rings. The number of urea groups is 1. The Morgan fingerprint density at radius 1 is 1.11 bits per heavy atom. The SMILES string of the molecule is O=C(NCc1coc2ccccc12)N1CCOC(CCc2ccccc2)C1. The molecule has 1 saturated heterocycles. The summed E-state index contributed by atoms with van der Waals surface area (Å²) in [6.07, 6.45) is 3.68. The van der Waals surface area contributed by atoms with Crippen LogP contribution in [0.1, 0.15) is 17.5 Å². The first-order valence-electron chi connectivity index (χ1n) is 9.43. The molecule has 2 amide bonds. The van der Waals surface area contributed by atoms with Crippen LogP contribution in [0.25, 0.3) is 11.0 Å². The number of carbonyl (C=O) groups is 1. The highest BCUT2D eigenvalue weighted by Crippen LogP contribution is 2.20. The summed E-state index contributed by atoms with van der Waals surface area (Å²) in [5.74, 6) is 0. The lowest BCUT2D eigenvalue weighted by Crippen LogP contribution is -2.49.